The number of unbranched alkanes of at least 4 members (excludes halogenated alkanes) is 2. The molecule has 21 heavy (non-hydrogen) atoms. The first-order chi connectivity index (χ1) is 10.1. The van der Waals surface area contributed by atoms with E-state index in [2.05, 4.69) is 20.4 Å². The molecule has 0 atom stereocenters. The van der Waals surface area contributed by atoms with Gasteiger partial charge in [0, 0.05) is 19.2 Å². The van der Waals surface area contributed by atoms with Gasteiger partial charge in [-0.1, -0.05) is 6.42 Å². The predicted octanol–water partition coefficient (Wildman–Crippen LogP) is 0.808. The summed E-state index contributed by atoms with van der Waals surface area (Å²) in [4.78, 5) is 30.4. The molecule has 0 bridgehead atoms. The summed E-state index contributed by atoms with van der Waals surface area (Å²) in [6.45, 7) is 2.29. The minimum absolute atomic E-state index is 0.167. The number of carbonyl (C=O) groups is 2. The SMILES string of the molecule is Cc1c(C(=O)NCCCCCC(=O)O)cnc2ncnn12. The van der Waals surface area contributed by atoms with Crippen molar-refractivity contribution in [3.8, 4) is 0 Å². The first-order valence-corrected chi connectivity index (χ1v) is 6.75. The Bertz CT molecular complexity index is 652. The van der Waals surface area contributed by atoms with E-state index in [4.69, 9.17) is 5.11 Å². The quantitative estimate of drug-likeness (QED) is 0.730. The van der Waals surface area contributed by atoms with Crippen LogP contribution in [0.3, 0.4) is 0 Å². The van der Waals surface area contributed by atoms with Crippen LogP contribution in [0.2, 0.25) is 0 Å². The molecule has 0 aliphatic carbocycles. The van der Waals surface area contributed by atoms with Crippen LogP contribution in [0.4, 0.5) is 0 Å². The van der Waals surface area contributed by atoms with Crippen LogP contribution in [0.15, 0.2) is 12.5 Å². The fourth-order valence-corrected chi connectivity index (χ4v) is 1.99. The highest BCUT2D eigenvalue weighted by Crippen LogP contribution is 2.07. The van der Waals surface area contributed by atoms with Gasteiger partial charge in [0.2, 0.25) is 0 Å². The summed E-state index contributed by atoms with van der Waals surface area (Å²) in [5, 5.41) is 15.3. The average Bonchev–Trinajstić information content (AvgIpc) is 2.92. The highest BCUT2D eigenvalue weighted by molar-refractivity contribution is 5.95. The van der Waals surface area contributed by atoms with Crippen molar-refractivity contribution in [2.75, 3.05) is 6.54 Å². The van der Waals surface area contributed by atoms with Crippen LogP contribution in [0.25, 0.3) is 5.78 Å². The molecule has 1 amide bonds. The largest absolute Gasteiger partial charge is 0.481 e. The minimum Gasteiger partial charge on any atom is -0.481 e. The van der Waals surface area contributed by atoms with Gasteiger partial charge in [-0.3, -0.25) is 9.59 Å². The number of fused-ring (bicyclic) bond motifs is 1. The van der Waals surface area contributed by atoms with Gasteiger partial charge in [-0.05, 0) is 19.8 Å². The van der Waals surface area contributed by atoms with E-state index in [1.165, 1.54) is 17.0 Å². The average molecular weight is 291 g/mol. The first-order valence-electron chi connectivity index (χ1n) is 6.75. The van der Waals surface area contributed by atoms with Crippen LogP contribution in [0.1, 0.15) is 41.7 Å². The van der Waals surface area contributed by atoms with Gasteiger partial charge in [0.25, 0.3) is 11.7 Å². The Morgan fingerprint density at radius 2 is 2.10 bits per heavy atom. The molecule has 0 aromatic carbocycles. The van der Waals surface area contributed by atoms with Gasteiger partial charge in [0.1, 0.15) is 6.33 Å². The second kappa shape index (κ2) is 6.78. The van der Waals surface area contributed by atoms with E-state index in [-0.39, 0.29) is 12.3 Å². The summed E-state index contributed by atoms with van der Waals surface area (Å²) < 4.78 is 1.52. The van der Waals surface area contributed by atoms with E-state index < -0.39 is 5.97 Å². The summed E-state index contributed by atoms with van der Waals surface area (Å²) in [7, 11) is 0. The fourth-order valence-electron chi connectivity index (χ4n) is 1.99. The van der Waals surface area contributed by atoms with E-state index >= 15 is 0 Å². The van der Waals surface area contributed by atoms with Crippen molar-refractivity contribution in [1.29, 1.82) is 0 Å². The third kappa shape index (κ3) is 3.74. The molecule has 2 rings (SSSR count). The van der Waals surface area contributed by atoms with Crippen LogP contribution in [-0.2, 0) is 4.79 Å². The normalized spacial score (nSPS) is 10.7. The lowest BCUT2D eigenvalue weighted by atomic mass is 10.2. The Hall–Kier alpha value is -2.51. The summed E-state index contributed by atoms with van der Waals surface area (Å²) in [5.74, 6) is -0.546. The number of carbonyl (C=O) groups excluding carboxylic acids is 1. The zero-order valence-corrected chi connectivity index (χ0v) is 11.7. The van der Waals surface area contributed by atoms with Crippen molar-refractivity contribution in [3.63, 3.8) is 0 Å². The van der Waals surface area contributed by atoms with Crippen LogP contribution in [0.5, 0.6) is 0 Å². The topological polar surface area (TPSA) is 109 Å². The standard InChI is InChI=1S/C13H17N5O3/c1-9-10(7-15-13-16-8-17-18(9)13)12(21)14-6-4-2-3-5-11(19)20/h7-8H,2-6H2,1H3,(H,14,21)(H,19,20). The maximum atomic E-state index is 12.1. The number of aromatic nitrogens is 4. The van der Waals surface area contributed by atoms with Crippen molar-refractivity contribution in [3.05, 3.63) is 23.8 Å². The molecule has 0 fully saturated rings. The van der Waals surface area contributed by atoms with Crippen LogP contribution in [-0.4, -0.2) is 43.1 Å². The molecule has 2 aromatic heterocycles. The lowest BCUT2D eigenvalue weighted by Crippen LogP contribution is -2.26. The number of carboxylic acid groups (broad SMARTS) is 1. The van der Waals surface area contributed by atoms with E-state index in [1.807, 2.05) is 0 Å². The smallest absolute Gasteiger partial charge is 0.303 e. The van der Waals surface area contributed by atoms with Crippen molar-refractivity contribution in [1.82, 2.24) is 24.9 Å². The molecule has 2 N–H and O–H groups in total. The molecule has 8 nitrogen and oxygen atoms in total. The molecule has 0 saturated heterocycles. The summed E-state index contributed by atoms with van der Waals surface area (Å²) in [5.41, 5.74) is 1.14. The molecular formula is C13H17N5O3. The molecule has 0 saturated carbocycles. The Kier molecular flexibility index (Phi) is 4.81. The lowest BCUT2D eigenvalue weighted by Gasteiger charge is -2.07. The van der Waals surface area contributed by atoms with Crippen molar-refractivity contribution in [2.45, 2.75) is 32.6 Å². The van der Waals surface area contributed by atoms with Gasteiger partial charge in [-0.25, -0.2) is 9.50 Å². The van der Waals surface area contributed by atoms with E-state index in [0.717, 1.165) is 12.8 Å². The minimum atomic E-state index is -0.790. The number of aryl methyl sites for hydroxylation is 1. The number of amides is 1. The monoisotopic (exact) mass is 291 g/mol. The number of rotatable bonds is 7. The van der Waals surface area contributed by atoms with Crippen molar-refractivity contribution in [2.24, 2.45) is 0 Å². The Morgan fingerprint density at radius 1 is 1.29 bits per heavy atom. The number of hydrogen-bond donors (Lipinski definition) is 2. The number of nitrogens with one attached hydrogen (secondary N) is 1. The van der Waals surface area contributed by atoms with Crippen molar-refractivity contribution < 1.29 is 14.7 Å². The van der Waals surface area contributed by atoms with Crippen LogP contribution >= 0.6 is 0 Å². The van der Waals surface area contributed by atoms with Gasteiger partial charge in [-0.2, -0.15) is 10.1 Å². The van der Waals surface area contributed by atoms with Gasteiger partial charge in [-0.15, -0.1) is 0 Å². The Morgan fingerprint density at radius 3 is 2.86 bits per heavy atom. The van der Waals surface area contributed by atoms with Gasteiger partial charge in [0.15, 0.2) is 0 Å². The molecule has 0 aliphatic rings. The first kappa shape index (κ1) is 14.9. The maximum Gasteiger partial charge on any atom is 0.303 e. The third-order valence-corrected chi connectivity index (χ3v) is 3.14. The molecule has 2 heterocycles. The van der Waals surface area contributed by atoms with E-state index in [1.54, 1.807) is 6.92 Å². The number of aliphatic carboxylic acids is 1. The van der Waals surface area contributed by atoms with E-state index in [9.17, 15) is 9.59 Å². The molecular weight excluding hydrogens is 274 g/mol. The Balaban J connectivity index is 1.85. The van der Waals surface area contributed by atoms with Gasteiger partial charge in [0.05, 0.1) is 11.3 Å². The molecule has 8 heteroatoms. The third-order valence-electron chi connectivity index (χ3n) is 3.14. The predicted molar refractivity (Wildman–Crippen MR) is 74.0 cm³/mol. The summed E-state index contributed by atoms with van der Waals surface area (Å²) >= 11 is 0. The Labute approximate surface area is 121 Å². The van der Waals surface area contributed by atoms with Crippen LogP contribution in [0, 0.1) is 6.92 Å². The highest BCUT2D eigenvalue weighted by atomic mass is 16.4. The van der Waals surface area contributed by atoms with Crippen molar-refractivity contribution >= 4 is 17.7 Å². The number of carboxylic acids is 1. The van der Waals surface area contributed by atoms with E-state index in [0.29, 0.717) is 30.0 Å². The summed E-state index contributed by atoms with van der Waals surface area (Å²) in [6.07, 6.45) is 5.18. The molecule has 0 spiro atoms. The molecule has 0 radical (unpaired) electrons. The molecule has 112 valence electrons. The highest BCUT2D eigenvalue weighted by Gasteiger charge is 2.12. The fraction of sp³-hybridized carbons (Fsp3) is 0.462. The zero-order valence-electron chi connectivity index (χ0n) is 11.7. The maximum absolute atomic E-state index is 12.1. The second-order valence-electron chi connectivity index (χ2n) is 4.69. The second-order valence-corrected chi connectivity index (χ2v) is 4.69. The lowest BCUT2D eigenvalue weighted by molar-refractivity contribution is -0.137. The van der Waals surface area contributed by atoms with Gasteiger partial charge < -0.3 is 10.4 Å². The zero-order chi connectivity index (χ0) is 15.2. The molecule has 0 aliphatic heterocycles. The summed E-state index contributed by atoms with van der Waals surface area (Å²) in [6, 6.07) is 0. The molecule has 2 aromatic rings. The van der Waals surface area contributed by atoms with Gasteiger partial charge >= 0.3 is 5.97 Å². The molecule has 0 unspecified atom stereocenters. The van der Waals surface area contributed by atoms with Crippen LogP contribution < -0.4 is 5.32 Å². The number of hydrogen-bond acceptors (Lipinski definition) is 5. The number of nitrogens with zero attached hydrogens (tertiary/aromatic N) is 4.